The van der Waals surface area contributed by atoms with E-state index in [0.717, 1.165) is 24.0 Å². The predicted molar refractivity (Wildman–Crippen MR) is 89.9 cm³/mol. The largest absolute Gasteiger partial charge is 0.489 e. The average Bonchev–Trinajstić information content (AvgIpc) is 2.49. The highest BCUT2D eigenvalue weighted by Crippen LogP contribution is 2.32. The zero-order valence-corrected chi connectivity index (χ0v) is 14.1. The van der Waals surface area contributed by atoms with Crippen LogP contribution in [0.15, 0.2) is 24.3 Å². The molecule has 0 heterocycles. The number of nitrogens with one attached hydrogen (secondary N) is 1. The van der Waals surface area contributed by atoms with E-state index >= 15 is 0 Å². The van der Waals surface area contributed by atoms with Crippen LogP contribution in [0.5, 0.6) is 5.75 Å². The smallest absolute Gasteiger partial charge is 0.119 e. The third-order valence-corrected chi connectivity index (χ3v) is 4.90. The Balaban J connectivity index is 2.00. The minimum Gasteiger partial charge on any atom is -0.489 e. The van der Waals surface area contributed by atoms with Gasteiger partial charge in [-0.3, -0.25) is 0 Å². The van der Waals surface area contributed by atoms with Crippen molar-refractivity contribution >= 4 is 0 Å². The summed E-state index contributed by atoms with van der Waals surface area (Å²) in [5.41, 5.74) is 1.40. The first-order chi connectivity index (χ1) is 10.1. The second-order valence-electron chi connectivity index (χ2n) is 6.76. The molecule has 1 saturated carbocycles. The molecule has 21 heavy (non-hydrogen) atoms. The van der Waals surface area contributed by atoms with Crippen LogP contribution in [-0.2, 0) is 6.42 Å². The van der Waals surface area contributed by atoms with Gasteiger partial charge in [0, 0.05) is 6.04 Å². The monoisotopic (exact) mass is 289 g/mol. The fourth-order valence-electron chi connectivity index (χ4n) is 3.42. The van der Waals surface area contributed by atoms with Gasteiger partial charge in [0.05, 0.1) is 0 Å². The highest BCUT2D eigenvalue weighted by Gasteiger charge is 2.32. The molecule has 1 aromatic rings. The summed E-state index contributed by atoms with van der Waals surface area (Å²) < 4.78 is 6.31. The lowest BCUT2D eigenvalue weighted by atomic mass is 9.78. The lowest BCUT2D eigenvalue weighted by Crippen LogP contribution is -2.46. The first kappa shape index (κ1) is 16.4. The van der Waals surface area contributed by atoms with Gasteiger partial charge in [0.1, 0.15) is 11.9 Å². The molecule has 0 radical (unpaired) electrons. The van der Waals surface area contributed by atoms with E-state index < -0.39 is 0 Å². The summed E-state index contributed by atoms with van der Waals surface area (Å²) in [6, 6.07) is 9.16. The Morgan fingerprint density at radius 3 is 2.48 bits per heavy atom. The van der Waals surface area contributed by atoms with Crippen LogP contribution in [0.25, 0.3) is 0 Å². The van der Waals surface area contributed by atoms with Crippen LogP contribution >= 0.6 is 0 Å². The first-order valence-corrected chi connectivity index (χ1v) is 8.56. The van der Waals surface area contributed by atoms with Crippen molar-refractivity contribution in [1.29, 1.82) is 0 Å². The maximum Gasteiger partial charge on any atom is 0.119 e. The van der Waals surface area contributed by atoms with Gasteiger partial charge < -0.3 is 10.1 Å². The maximum atomic E-state index is 6.31. The Bertz CT molecular complexity index is 412. The molecule has 3 atom stereocenters. The summed E-state index contributed by atoms with van der Waals surface area (Å²) in [7, 11) is 2.06. The molecule has 2 nitrogen and oxygen atoms in total. The van der Waals surface area contributed by atoms with E-state index in [-0.39, 0.29) is 0 Å². The van der Waals surface area contributed by atoms with Gasteiger partial charge in [0.25, 0.3) is 0 Å². The molecule has 1 aromatic carbocycles. The Morgan fingerprint density at radius 1 is 1.19 bits per heavy atom. The number of benzene rings is 1. The topological polar surface area (TPSA) is 21.3 Å². The number of aryl methyl sites for hydroxylation is 1. The third kappa shape index (κ3) is 4.47. The van der Waals surface area contributed by atoms with Crippen LogP contribution < -0.4 is 10.1 Å². The molecule has 3 unspecified atom stereocenters. The third-order valence-electron chi connectivity index (χ3n) is 4.90. The molecule has 1 fully saturated rings. The fraction of sp³-hybridized carbons (Fsp3) is 0.684. The summed E-state index contributed by atoms with van der Waals surface area (Å²) in [6.07, 6.45) is 6.35. The number of hydrogen-bond acceptors (Lipinski definition) is 2. The standard InChI is InChI=1S/C19H31NO/c1-5-6-15-7-10-17(11-8-15)21-19-13-16(14(2)3)9-12-18(19)20-4/h7-8,10-11,14,16,18-20H,5-6,9,12-13H2,1-4H3. The lowest BCUT2D eigenvalue weighted by molar-refractivity contribution is 0.0749. The summed E-state index contributed by atoms with van der Waals surface area (Å²) >= 11 is 0. The number of rotatable bonds is 6. The molecular weight excluding hydrogens is 258 g/mol. The zero-order valence-electron chi connectivity index (χ0n) is 14.1. The van der Waals surface area contributed by atoms with E-state index in [1.165, 1.54) is 31.2 Å². The van der Waals surface area contributed by atoms with Crippen LogP contribution in [0.3, 0.4) is 0 Å². The maximum absolute atomic E-state index is 6.31. The normalized spacial score (nSPS) is 26.0. The summed E-state index contributed by atoms with van der Waals surface area (Å²) in [5, 5.41) is 3.44. The van der Waals surface area contributed by atoms with E-state index in [9.17, 15) is 0 Å². The predicted octanol–water partition coefficient (Wildman–Crippen LogP) is 4.43. The van der Waals surface area contributed by atoms with Crippen molar-refractivity contribution in [2.75, 3.05) is 7.05 Å². The van der Waals surface area contributed by atoms with Crippen LogP contribution in [0.1, 0.15) is 52.0 Å². The molecule has 0 aliphatic heterocycles. The molecular formula is C19H31NO. The SMILES string of the molecule is CCCc1ccc(OC2CC(C(C)C)CCC2NC)cc1. The van der Waals surface area contributed by atoms with Crippen molar-refractivity contribution in [3.8, 4) is 5.75 Å². The van der Waals surface area contributed by atoms with Crippen molar-refractivity contribution in [2.24, 2.45) is 11.8 Å². The van der Waals surface area contributed by atoms with E-state index in [1.54, 1.807) is 0 Å². The van der Waals surface area contributed by atoms with Crippen LogP contribution in [0.2, 0.25) is 0 Å². The van der Waals surface area contributed by atoms with E-state index in [0.29, 0.717) is 12.1 Å². The molecule has 1 N–H and O–H groups in total. The molecule has 2 heteroatoms. The van der Waals surface area contributed by atoms with Gasteiger partial charge in [0.15, 0.2) is 0 Å². The molecule has 0 amide bonds. The molecule has 0 saturated heterocycles. The van der Waals surface area contributed by atoms with Crippen LogP contribution in [-0.4, -0.2) is 19.2 Å². The molecule has 0 bridgehead atoms. The Morgan fingerprint density at radius 2 is 1.90 bits per heavy atom. The highest BCUT2D eigenvalue weighted by atomic mass is 16.5. The summed E-state index contributed by atoms with van der Waals surface area (Å²) in [5.74, 6) is 2.56. The summed E-state index contributed by atoms with van der Waals surface area (Å²) in [4.78, 5) is 0. The Hall–Kier alpha value is -1.02. The van der Waals surface area contributed by atoms with Gasteiger partial charge in [-0.1, -0.05) is 39.3 Å². The highest BCUT2D eigenvalue weighted by molar-refractivity contribution is 5.27. The van der Waals surface area contributed by atoms with Gasteiger partial charge >= 0.3 is 0 Å². The second kappa shape index (κ2) is 7.84. The Kier molecular flexibility index (Phi) is 6.10. The van der Waals surface area contributed by atoms with Crippen molar-refractivity contribution in [1.82, 2.24) is 5.32 Å². The average molecular weight is 289 g/mol. The Labute approximate surface area is 130 Å². The number of likely N-dealkylation sites (N-methyl/N-ethyl adjacent to an activating group) is 1. The molecule has 1 aliphatic carbocycles. The summed E-state index contributed by atoms with van der Waals surface area (Å²) in [6.45, 7) is 6.89. The van der Waals surface area contributed by atoms with Crippen molar-refractivity contribution in [3.63, 3.8) is 0 Å². The minimum atomic E-state index is 0.299. The minimum absolute atomic E-state index is 0.299. The number of ether oxygens (including phenoxy) is 1. The van der Waals surface area contributed by atoms with Crippen molar-refractivity contribution in [3.05, 3.63) is 29.8 Å². The van der Waals surface area contributed by atoms with E-state index in [4.69, 9.17) is 4.74 Å². The molecule has 0 aromatic heterocycles. The zero-order chi connectivity index (χ0) is 15.2. The molecule has 1 aliphatic rings. The van der Waals surface area contributed by atoms with Gasteiger partial charge in [-0.05, 0) is 62.3 Å². The molecule has 0 spiro atoms. The van der Waals surface area contributed by atoms with Crippen molar-refractivity contribution < 1.29 is 4.74 Å². The van der Waals surface area contributed by atoms with Crippen molar-refractivity contribution in [2.45, 2.75) is 65.0 Å². The van der Waals surface area contributed by atoms with E-state index in [1.807, 2.05) is 0 Å². The lowest BCUT2D eigenvalue weighted by Gasteiger charge is -2.37. The van der Waals surface area contributed by atoms with Crippen LogP contribution in [0, 0.1) is 11.8 Å². The molecule has 2 rings (SSSR count). The van der Waals surface area contributed by atoms with Gasteiger partial charge in [-0.25, -0.2) is 0 Å². The first-order valence-electron chi connectivity index (χ1n) is 8.56. The van der Waals surface area contributed by atoms with Gasteiger partial charge in [0.2, 0.25) is 0 Å². The fourth-order valence-corrected chi connectivity index (χ4v) is 3.42. The van der Waals surface area contributed by atoms with Crippen LogP contribution in [0.4, 0.5) is 0 Å². The van der Waals surface area contributed by atoms with E-state index in [2.05, 4.69) is 57.4 Å². The van der Waals surface area contributed by atoms with Gasteiger partial charge in [-0.15, -0.1) is 0 Å². The quantitative estimate of drug-likeness (QED) is 0.836. The number of hydrogen-bond donors (Lipinski definition) is 1. The molecule has 118 valence electrons. The second-order valence-corrected chi connectivity index (χ2v) is 6.76. The van der Waals surface area contributed by atoms with Gasteiger partial charge in [-0.2, -0.15) is 0 Å².